The lowest BCUT2D eigenvalue weighted by molar-refractivity contribution is -0.130. The van der Waals surface area contributed by atoms with Crippen LogP contribution in [0, 0.1) is 20.8 Å². The summed E-state index contributed by atoms with van der Waals surface area (Å²) in [5, 5.41) is 0.637. The molecule has 0 amide bonds. The topological polar surface area (TPSA) is 107 Å². The van der Waals surface area contributed by atoms with Gasteiger partial charge in [-0.3, -0.25) is 4.79 Å². The van der Waals surface area contributed by atoms with Gasteiger partial charge in [-0.1, -0.05) is 11.8 Å². The van der Waals surface area contributed by atoms with Gasteiger partial charge in [0.25, 0.3) is 0 Å². The molecular formula is C22H27N3O4S2. The fourth-order valence-corrected chi connectivity index (χ4v) is 4.38. The first-order valence-electron chi connectivity index (χ1n) is 10.00. The molecule has 0 saturated heterocycles. The lowest BCUT2D eigenvalue weighted by Crippen LogP contribution is -2.12. The number of rotatable bonds is 10. The van der Waals surface area contributed by atoms with Crippen molar-refractivity contribution in [2.24, 2.45) is 0 Å². The summed E-state index contributed by atoms with van der Waals surface area (Å²) in [5.41, 5.74) is 11.6. The van der Waals surface area contributed by atoms with Crippen molar-refractivity contribution >= 4 is 45.5 Å². The molecule has 0 aliphatic rings. The van der Waals surface area contributed by atoms with E-state index in [0.29, 0.717) is 24.6 Å². The SMILES string of the molecule is Cc1cc2nc(SCC(=O)OS(=O)CCCCOc3ccc(N)c(C)c3)[nH]c2cc1C. The number of carbonyl (C=O) groups is 1. The largest absolute Gasteiger partial charge is 0.494 e. The van der Waals surface area contributed by atoms with Gasteiger partial charge in [0.05, 0.1) is 23.4 Å². The van der Waals surface area contributed by atoms with Gasteiger partial charge in [-0.05, 0) is 80.6 Å². The van der Waals surface area contributed by atoms with E-state index in [4.69, 9.17) is 14.7 Å². The number of aromatic nitrogens is 2. The molecule has 31 heavy (non-hydrogen) atoms. The number of nitrogens with two attached hydrogens (primary N) is 1. The van der Waals surface area contributed by atoms with Crippen LogP contribution in [-0.2, 0) is 20.1 Å². The summed E-state index contributed by atoms with van der Waals surface area (Å²) in [5.74, 6) is 0.560. The molecule has 9 heteroatoms. The molecule has 1 aromatic heterocycles. The molecule has 3 rings (SSSR count). The lowest BCUT2D eigenvalue weighted by Gasteiger charge is -2.08. The predicted molar refractivity (Wildman–Crippen MR) is 126 cm³/mol. The van der Waals surface area contributed by atoms with Crippen LogP contribution in [0.25, 0.3) is 11.0 Å². The molecule has 0 aliphatic carbocycles. The zero-order chi connectivity index (χ0) is 22.4. The first-order chi connectivity index (χ1) is 14.8. The number of aromatic amines is 1. The van der Waals surface area contributed by atoms with E-state index in [2.05, 4.69) is 9.97 Å². The number of imidazole rings is 1. The van der Waals surface area contributed by atoms with Crippen molar-refractivity contribution in [2.75, 3.05) is 23.8 Å². The Morgan fingerprint density at radius 2 is 1.90 bits per heavy atom. The number of fused-ring (bicyclic) bond motifs is 1. The van der Waals surface area contributed by atoms with Crippen LogP contribution >= 0.6 is 11.8 Å². The standard InChI is InChI=1S/C22H27N3O4S2/c1-14-11-19-20(12-15(14)2)25-22(24-19)30-13-21(26)29-31(27)9-5-4-8-28-17-6-7-18(23)16(3)10-17/h6-7,10-12H,4-5,8-9,13,23H2,1-3H3,(H,24,25). The number of anilines is 1. The molecule has 3 aromatic rings. The number of hydrogen-bond donors (Lipinski definition) is 2. The Bertz CT molecular complexity index is 1060. The number of nitrogen functional groups attached to an aromatic ring is 1. The van der Waals surface area contributed by atoms with Crippen LogP contribution < -0.4 is 10.5 Å². The molecule has 1 atom stereocenters. The normalized spacial score (nSPS) is 12.1. The maximum Gasteiger partial charge on any atom is 0.330 e. The number of ether oxygens (including phenoxy) is 1. The van der Waals surface area contributed by atoms with E-state index >= 15 is 0 Å². The maximum absolute atomic E-state index is 12.0. The molecule has 0 fully saturated rings. The average molecular weight is 462 g/mol. The van der Waals surface area contributed by atoms with Gasteiger partial charge in [-0.15, -0.1) is 0 Å². The molecular weight excluding hydrogens is 434 g/mol. The van der Waals surface area contributed by atoms with Gasteiger partial charge in [-0.2, -0.15) is 0 Å². The van der Waals surface area contributed by atoms with Gasteiger partial charge in [0.15, 0.2) is 5.16 Å². The number of thioether (sulfide) groups is 1. The van der Waals surface area contributed by atoms with Crippen molar-refractivity contribution < 1.29 is 17.9 Å². The Hall–Kier alpha value is -2.52. The molecule has 2 aromatic carbocycles. The van der Waals surface area contributed by atoms with Gasteiger partial charge >= 0.3 is 5.97 Å². The first-order valence-corrected chi connectivity index (χ1v) is 12.2. The van der Waals surface area contributed by atoms with E-state index in [1.165, 1.54) is 22.9 Å². The molecule has 0 saturated carbocycles. The van der Waals surface area contributed by atoms with Crippen molar-refractivity contribution in [1.29, 1.82) is 0 Å². The van der Waals surface area contributed by atoms with Gasteiger partial charge in [-0.25, -0.2) is 9.19 Å². The Balaban J connectivity index is 1.34. The molecule has 1 unspecified atom stereocenters. The van der Waals surface area contributed by atoms with Crippen molar-refractivity contribution in [3.63, 3.8) is 0 Å². The maximum atomic E-state index is 12.0. The number of nitrogens with one attached hydrogen (secondary N) is 1. The summed E-state index contributed by atoms with van der Waals surface area (Å²) >= 11 is -0.414. The number of benzene rings is 2. The Kier molecular flexibility index (Phi) is 7.97. The van der Waals surface area contributed by atoms with E-state index in [1.54, 1.807) is 0 Å². The van der Waals surface area contributed by atoms with Gasteiger partial charge < -0.3 is 19.6 Å². The van der Waals surface area contributed by atoms with Crippen molar-refractivity contribution in [1.82, 2.24) is 9.97 Å². The Morgan fingerprint density at radius 3 is 2.68 bits per heavy atom. The highest BCUT2D eigenvalue weighted by atomic mass is 32.2. The summed E-state index contributed by atoms with van der Waals surface area (Å²) in [7, 11) is 0. The number of carbonyl (C=O) groups excluding carboxylic acids is 1. The smallest absolute Gasteiger partial charge is 0.330 e. The van der Waals surface area contributed by atoms with E-state index in [9.17, 15) is 9.00 Å². The number of hydrogen-bond acceptors (Lipinski definition) is 7. The van der Waals surface area contributed by atoms with Gasteiger partial charge in [0.2, 0.25) is 11.1 Å². The zero-order valence-corrected chi connectivity index (χ0v) is 19.5. The minimum absolute atomic E-state index is 0.0448. The monoisotopic (exact) mass is 461 g/mol. The van der Waals surface area contributed by atoms with Crippen LogP contribution in [0.1, 0.15) is 29.5 Å². The molecule has 0 spiro atoms. The molecule has 166 valence electrons. The van der Waals surface area contributed by atoms with E-state index in [0.717, 1.165) is 28.0 Å². The molecule has 3 N–H and O–H groups in total. The third kappa shape index (κ3) is 6.73. The minimum Gasteiger partial charge on any atom is -0.494 e. The second-order valence-corrected chi connectivity index (χ2v) is 9.47. The third-order valence-electron chi connectivity index (χ3n) is 4.80. The summed E-state index contributed by atoms with van der Waals surface area (Å²) in [6, 6.07) is 9.57. The Labute approximate surface area is 188 Å². The Morgan fingerprint density at radius 1 is 1.13 bits per heavy atom. The summed E-state index contributed by atoms with van der Waals surface area (Å²) < 4.78 is 22.6. The van der Waals surface area contributed by atoms with Crippen molar-refractivity contribution in [3.8, 4) is 5.75 Å². The number of H-pyrrole nitrogens is 1. The fraction of sp³-hybridized carbons (Fsp3) is 0.364. The van der Waals surface area contributed by atoms with E-state index in [-0.39, 0.29) is 11.5 Å². The summed E-state index contributed by atoms with van der Waals surface area (Å²) in [6.45, 7) is 6.50. The van der Waals surface area contributed by atoms with Gasteiger partial charge in [0, 0.05) is 5.69 Å². The zero-order valence-electron chi connectivity index (χ0n) is 17.9. The highest BCUT2D eigenvalue weighted by molar-refractivity contribution is 7.99. The second-order valence-electron chi connectivity index (χ2n) is 7.32. The quantitative estimate of drug-likeness (QED) is 0.264. The predicted octanol–water partition coefficient (Wildman–Crippen LogP) is 4.23. The van der Waals surface area contributed by atoms with Crippen LogP contribution in [0.5, 0.6) is 5.75 Å². The van der Waals surface area contributed by atoms with Crippen LogP contribution in [0.15, 0.2) is 35.5 Å². The molecule has 0 aliphatic heterocycles. The molecule has 7 nitrogen and oxygen atoms in total. The summed E-state index contributed by atoms with van der Waals surface area (Å²) in [6.07, 6.45) is 1.34. The number of unbranched alkanes of at least 4 members (excludes halogenated alkanes) is 1. The summed E-state index contributed by atoms with van der Waals surface area (Å²) in [4.78, 5) is 19.6. The van der Waals surface area contributed by atoms with Crippen LogP contribution in [0.3, 0.4) is 0 Å². The lowest BCUT2D eigenvalue weighted by atomic mass is 10.1. The van der Waals surface area contributed by atoms with Gasteiger partial charge in [0.1, 0.15) is 11.5 Å². The fourth-order valence-electron chi connectivity index (χ4n) is 2.86. The van der Waals surface area contributed by atoms with Crippen LogP contribution in [-0.4, -0.2) is 38.3 Å². The molecule has 0 radical (unpaired) electrons. The first kappa shape index (κ1) is 23.1. The highest BCUT2D eigenvalue weighted by Gasteiger charge is 2.12. The van der Waals surface area contributed by atoms with E-state index < -0.39 is 17.0 Å². The van der Waals surface area contributed by atoms with Crippen LogP contribution in [0.4, 0.5) is 5.69 Å². The molecule has 0 bridgehead atoms. The molecule has 1 heterocycles. The number of aryl methyl sites for hydroxylation is 3. The highest BCUT2D eigenvalue weighted by Crippen LogP contribution is 2.22. The minimum atomic E-state index is -1.65. The third-order valence-corrected chi connectivity index (χ3v) is 6.64. The van der Waals surface area contributed by atoms with Crippen molar-refractivity contribution in [2.45, 2.75) is 38.8 Å². The number of nitrogens with zero attached hydrogens (tertiary/aromatic N) is 1. The van der Waals surface area contributed by atoms with E-state index in [1.807, 2.05) is 51.1 Å². The average Bonchev–Trinajstić information content (AvgIpc) is 3.10. The second kappa shape index (κ2) is 10.7. The van der Waals surface area contributed by atoms with Crippen molar-refractivity contribution in [3.05, 3.63) is 47.0 Å². The van der Waals surface area contributed by atoms with Crippen LogP contribution in [0.2, 0.25) is 0 Å².